The fourth-order valence-corrected chi connectivity index (χ4v) is 2.19. The van der Waals surface area contributed by atoms with Gasteiger partial charge >= 0.3 is 0 Å². The number of amides is 2. The Morgan fingerprint density at radius 1 is 0.960 bits per heavy atom. The first-order chi connectivity index (χ1) is 11.9. The summed E-state index contributed by atoms with van der Waals surface area (Å²) in [4.78, 5) is 23.4. The molecule has 0 aliphatic carbocycles. The predicted octanol–water partition coefficient (Wildman–Crippen LogP) is 3.13. The molecule has 0 saturated carbocycles. The average Bonchev–Trinajstić information content (AvgIpc) is 2.58. The van der Waals surface area contributed by atoms with Crippen molar-refractivity contribution in [1.29, 1.82) is 0 Å². The van der Waals surface area contributed by atoms with Crippen LogP contribution in [0, 0.1) is 17.6 Å². The van der Waals surface area contributed by atoms with E-state index < -0.39 is 11.6 Å². The molecule has 0 aromatic heterocycles. The van der Waals surface area contributed by atoms with E-state index in [1.165, 1.54) is 12.1 Å². The van der Waals surface area contributed by atoms with Crippen molar-refractivity contribution in [2.24, 2.45) is 5.92 Å². The Hall–Kier alpha value is -2.76. The van der Waals surface area contributed by atoms with E-state index >= 15 is 0 Å². The lowest BCUT2D eigenvalue weighted by Gasteiger charge is -2.09. The molecule has 4 nitrogen and oxygen atoms in total. The zero-order valence-electron chi connectivity index (χ0n) is 14.1. The highest BCUT2D eigenvalue weighted by molar-refractivity contribution is 5.94. The second-order valence-corrected chi connectivity index (χ2v) is 5.90. The summed E-state index contributed by atoms with van der Waals surface area (Å²) < 4.78 is 26.7. The monoisotopic (exact) mass is 346 g/mol. The molecule has 0 aliphatic heterocycles. The van der Waals surface area contributed by atoms with Crippen molar-refractivity contribution < 1.29 is 18.4 Å². The van der Waals surface area contributed by atoms with Crippen LogP contribution >= 0.6 is 0 Å². The standard InChI is InChI=1S/C19H20F2N2O2/c1-12(2)18(24)22-9-10-23-19(25)14-5-3-13(4-6-14)16-8-7-15(20)11-17(16)21/h3-8,11-12H,9-10H2,1-2H3,(H,22,24)(H,23,25). The van der Waals surface area contributed by atoms with Gasteiger partial charge in [0.05, 0.1) is 0 Å². The molecule has 0 atom stereocenters. The van der Waals surface area contributed by atoms with Crippen molar-refractivity contribution in [3.63, 3.8) is 0 Å². The number of hydrogen-bond acceptors (Lipinski definition) is 2. The third kappa shape index (κ3) is 5.11. The third-order valence-corrected chi connectivity index (χ3v) is 3.62. The molecule has 0 aliphatic rings. The zero-order valence-corrected chi connectivity index (χ0v) is 14.1. The smallest absolute Gasteiger partial charge is 0.251 e. The number of carbonyl (C=O) groups excluding carboxylic acids is 2. The number of halogens is 2. The largest absolute Gasteiger partial charge is 0.354 e. The van der Waals surface area contributed by atoms with E-state index in [0.717, 1.165) is 6.07 Å². The molecule has 2 amide bonds. The van der Waals surface area contributed by atoms with Crippen molar-refractivity contribution in [1.82, 2.24) is 10.6 Å². The molecule has 0 unspecified atom stereocenters. The summed E-state index contributed by atoms with van der Waals surface area (Å²) in [6.07, 6.45) is 0. The second-order valence-electron chi connectivity index (χ2n) is 5.90. The van der Waals surface area contributed by atoms with Crippen molar-refractivity contribution in [3.05, 3.63) is 59.7 Å². The maximum absolute atomic E-state index is 13.8. The van der Waals surface area contributed by atoms with Crippen LogP contribution in [0.2, 0.25) is 0 Å². The molecule has 0 heterocycles. The van der Waals surface area contributed by atoms with Crippen molar-refractivity contribution in [2.45, 2.75) is 13.8 Å². The molecule has 2 rings (SSSR count). The Bertz CT molecular complexity index is 759. The van der Waals surface area contributed by atoms with Gasteiger partial charge in [-0.25, -0.2) is 8.78 Å². The van der Waals surface area contributed by atoms with E-state index in [1.807, 2.05) is 0 Å². The summed E-state index contributed by atoms with van der Waals surface area (Å²) in [5.41, 5.74) is 1.24. The van der Waals surface area contributed by atoms with Crippen LogP contribution in [0.4, 0.5) is 8.78 Å². The lowest BCUT2D eigenvalue weighted by atomic mass is 10.0. The first kappa shape index (κ1) is 18.6. The lowest BCUT2D eigenvalue weighted by molar-refractivity contribution is -0.123. The van der Waals surface area contributed by atoms with Gasteiger partial charge in [0.15, 0.2) is 0 Å². The third-order valence-electron chi connectivity index (χ3n) is 3.62. The van der Waals surface area contributed by atoms with Crippen LogP contribution in [0.25, 0.3) is 11.1 Å². The van der Waals surface area contributed by atoms with Gasteiger partial charge in [-0.05, 0) is 29.8 Å². The van der Waals surface area contributed by atoms with Crippen molar-refractivity contribution >= 4 is 11.8 Å². The van der Waals surface area contributed by atoms with E-state index in [2.05, 4.69) is 10.6 Å². The number of benzene rings is 2. The molecule has 0 saturated heterocycles. The van der Waals surface area contributed by atoms with Crippen LogP contribution < -0.4 is 10.6 Å². The Morgan fingerprint density at radius 3 is 2.20 bits per heavy atom. The molecular weight excluding hydrogens is 326 g/mol. The predicted molar refractivity (Wildman–Crippen MR) is 92.0 cm³/mol. The molecule has 0 spiro atoms. The molecule has 0 fully saturated rings. The topological polar surface area (TPSA) is 58.2 Å². The highest BCUT2D eigenvalue weighted by Crippen LogP contribution is 2.23. The Morgan fingerprint density at radius 2 is 1.60 bits per heavy atom. The van der Waals surface area contributed by atoms with Gasteiger partial charge in [0.25, 0.3) is 5.91 Å². The number of carbonyl (C=O) groups is 2. The average molecular weight is 346 g/mol. The first-order valence-corrected chi connectivity index (χ1v) is 8.00. The van der Waals surface area contributed by atoms with Crippen molar-refractivity contribution in [3.8, 4) is 11.1 Å². The fourth-order valence-electron chi connectivity index (χ4n) is 2.19. The summed E-state index contributed by atoms with van der Waals surface area (Å²) in [6.45, 7) is 4.24. The minimum absolute atomic E-state index is 0.0695. The number of nitrogens with one attached hydrogen (secondary N) is 2. The van der Waals surface area contributed by atoms with Gasteiger partial charge in [0.1, 0.15) is 11.6 Å². The fraction of sp³-hybridized carbons (Fsp3) is 0.263. The summed E-state index contributed by atoms with van der Waals surface area (Å²) in [6, 6.07) is 9.71. The van der Waals surface area contributed by atoms with Crippen molar-refractivity contribution in [2.75, 3.05) is 13.1 Å². The lowest BCUT2D eigenvalue weighted by Crippen LogP contribution is -2.36. The van der Waals surface area contributed by atoms with Gasteiger partial charge in [-0.15, -0.1) is 0 Å². The van der Waals surface area contributed by atoms with Gasteiger partial charge in [-0.1, -0.05) is 26.0 Å². The van der Waals surface area contributed by atoms with Gasteiger partial charge in [0, 0.05) is 36.2 Å². The molecule has 6 heteroatoms. The zero-order chi connectivity index (χ0) is 18.4. The molecule has 2 aromatic carbocycles. The summed E-state index contributed by atoms with van der Waals surface area (Å²) >= 11 is 0. The van der Waals surface area contributed by atoms with E-state index in [-0.39, 0.29) is 23.3 Å². The van der Waals surface area contributed by atoms with Crippen LogP contribution in [0.5, 0.6) is 0 Å². The Kier molecular flexibility index (Phi) is 6.22. The molecule has 132 valence electrons. The minimum Gasteiger partial charge on any atom is -0.354 e. The Labute approximate surface area is 145 Å². The molecule has 2 N–H and O–H groups in total. The summed E-state index contributed by atoms with van der Waals surface area (Å²) in [5, 5.41) is 5.40. The van der Waals surface area contributed by atoms with Crippen LogP contribution in [0.1, 0.15) is 24.2 Å². The minimum atomic E-state index is -0.655. The summed E-state index contributed by atoms with van der Waals surface area (Å²) in [7, 11) is 0. The molecule has 25 heavy (non-hydrogen) atoms. The van der Waals surface area contributed by atoms with E-state index in [9.17, 15) is 18.4 Å². The quantitative estimate of drug-likeness (QED) is 0.790. The first-order valence-electron chi connectivity index (χ1n) is 8.00. The van der Waals surface area contributed by atoms with Crippen LogP contribution in [0.15, 0.2) is 42.5 Å². The Balaban J connectivity index is 1.93. The maximum atomic E-state index is 13.8. The molecular formula is C19H20F2N2O2. The highest BCUT2D eigenvalue weighted by Gasteiger charge is 2.09. The van der Waals surface area contributed by atoms with Gasteiger partial charge in [-0.3, -0.25) is 9.59 Å². The maximum Gasteiger partial charge on any atom is 0.251 e. The highest BCUT2D eigenvalue weighted by atomic mass is 19.1. The second kappa shape index (κ2) is 8.37. The summed E-state index contributed by atoms with van der Waals surface area (Å²) in [5.74, 6) is -1.75. The normalized spacial score (nSPS) is 10.6. The SMILES string of the molecule is CC(C)C(=O)NCCNC(=O)c1ccc(-c2ccc(F)cc2F)cc1. The molecule has 0 radical (unpaired) electrons. The van der Waals surface area contributed by atoms with Crippen LogP contribution in [-0.4, -0.2) is 24.9 Å². The molecule has 2 aromatic rings. The van der Waals surface area contributed by atoms with E-state index in [4.69, 9.17) is 0 Å². The van der Waals surface area contributed by atoms with E-state index in [1.54, 1.807) is 38.1 Å². The molecule has 0 bridgehead atoms. The van der Waals surface area contributed by atoms with Crippen LogP contribution in [0.3, 0.4) is 0 Å². The number of rotatable bonds is 6. The van der Waals surface area contributed by atoms with Gasteiger partial charge < -0.3 is 10.6 Å². The number of hydrogen-bond donors (Lipinski definition) is 2. The van der Waals surface area contributed by atoms with Crippen LogP contribution in [-0.2, 0) is 4.79 Å². The van der Waals surface area contributed by atoms with Gasteiger partial charge in [0.2, 0.25) is 5.91 Å². The van der Waals surface area contributed by atoms with Gasteiger partial charge in [-0.2, -0.15) is 0 Å². The van der Waals surface area contributed by atoms with E-state index in [0.29, 0.717) is 24.2 Å².